The van der Waals surface area contributed by atoms with Crippen molar-refractivity contribution in [3.05, 3.63) is 0 Å². The van der Waals surface area contributed by atoms with Gasteiger partial charge in [0.1, 0.15) is 0 Å². The van der Waals surface area contributed by atoms with Crippen LogP contribution < -0.4 is 11.1 Å². The second-order valence-electron chi connectivity index (χ2n) is 3.87. The molecule has 0 aromatic heterocycles. The van der Waals surface area contributed by atoms with Crippen molar-refractivity contribution in [3.8, 4) is 0 Å². The molecule has 0 bridgehead atoms. The largest absolute Gasteiger partial charge is 0.378 e. The van der Waals surface area contributed by atoms with E-state index in [2.05, 4.69) is 12.2 Å². The van der Waals surface area contributed by atoms with Crippen LogP contribution in [0.2, 0.25) is 0 Å². The topological polar surface area (TPSA) is 47.3 Å². The van der Waals surface area contributed by atoms with E-state index < -0.39 is 0 Å². The SMILES string of the molecule is C[C@@H](CN)NCCC1CCCCO1. The molecule has 0 aromatic rings. The molecule has 3 heteroatoms. The lowest BCUT2D eigenvalue weighted by atomic mass is 10.1. The van der Waals surface area contributed by atoms with Gasteiger partial charge in [-0.3, -0.25) is 0 Å². The van der Waals surface area contributed by atoms with Crippen molar-refractivity contribution in [2.75, 3.05) is 19.7 Å². The zero-order valence-corrected chi connectivity index (χ0v) is 8.59. The van der Waals surface area contributed by atoms with Gasteiger partial charge in [-0.25, -0.2) is 0 Å². The lowest BCUT2D eigenvalue weighted by Crippen LogP contribution is -2.35. The molecule has 0 radical (unpaired) electrons. The zero-order valence-electron chi connectivity index (χ0n) is 8.59. The number of nitrogens with one attached hydrogen (secondary N) is 1. The number of hydrogen-bond acceptors (Lipinski definition) is 3. The van der Waals surface area contributed by atoms with Gasteiger partial charge in [0.2, 0.25) is 0 Å². The molecule has 1 saturated heterocycles. The Balaban J connectivity index is 1.98. The van der Waals surface area contributed by atoms with Gasteiger partial charge in [0, 0.05) is 19.2 Å². The van der Waals surface area contributed by atoms with E-state index in [-0.39, 0.29) is 0 Å². The van der Waals surface area contributed by atoms with Crippen LogP contribution in [0, 0.1) is 0 Å². The van der Waals surface area contributed by atoms with E-state index in [9.17, 15) is 0 Å². The Morgan fingerprint density at radius 1 is 1.54 bits per heavy atom. The van der Waals surface area contributed by atoms with Crippen LogP contribution >= 0.6 is 0 Å². The summed E-state index contributed by atoms with van der Waals surface area (Å²) in [4.78, 5) is 0. The maximum absolute atomic E-state index is 5.62. The lowest BCUT2D eigenvalue weighted by Gasteiger charge is -2.23. The molecule has 3 nitrogen and oxygen atoms in total. The van der Waals surface area contributed by atoms with Crippen LogP contribution in [0.25, 0.3) is 0 Å². The molecular formula is C10H22N2O. The van der Waals surface area contributed by atoms with E-state index in [4.69, 9.17) is 10.5 Å². The van der Waals surface area contributed by atoms with Crippen LogP contribution in [-0.2, 0) is 4.74 Å². The van der Waals surface area contributed by atoms with Gasteiger partial charge in [-0.2, -0.15) is 0 Å². The molecule has 13 heavy (non-hydrogen) atoms. The Bertz CT molecular complexity index is 124. The van der Waals surface area contributed by atoms with E-state index in [1.54, 1.807) is 0 Å². The first-order valence-corrected chi connectivity index (χ1v) is 5.38. The fourth-order valence-corrected chi connectivity index (χ4v) is 1.61. The summed E-state index contributed by atoms with van der Waals surface area (Å²) in [6.07, 6.45) is 5.43. The molecule has 0 aromatic carbocycles. The number of rotatable bonds is 5. The minimum atomic E-state index is 0.434. The minimum Gasteiger partial charge on any atom is -0.378 e. The Morgan fingerprint density at radius 3 is 3.00 bits per heavy atom. The Morgan fingerprint density at radius 2 is 2.38 bits per heavy atom. The van der Waals surface area contributed by atoms with Gasteiger partial charge in [0.15, 0.2) is 0 Å². The summed E-state index contributed by atoms with van der Waals surface area (Å²) in [5.74, 6) is 0. The van der Waals surface area contributed by atoms with E-state index in [1.165, 1.54) is 19.3 Å². The second-order valence-corrected chi connectivity index (χ2v) is 3.87. The van der Waals surface area contributed by atoms with Gasteiger partial charge >= 0.3 is 0 Å². The fraction of sp³-hybridized carbons (Fsp3) is 1.00. The highest BCUT2D eigenvalue weighted by molar-refractivity contribution is 4.67. The van der Waals surface area contributed by atoms with Crippen LogP contribution in [0.5, 0.6) is 0 Å². The first-order chi connectivity index (χ1) is 6.33. The normalized spacial score (nSPS) is 25.8. The van der Waals surface area contributed by atoms with E-state index in [0.717, 1.165) is 19.6 Å². The van der Waals surface area contributed by atoms with Crippen LogP contribution in [-0.4, -0.2) is 31.8 Å². The molecule has 1 aliphatic heterocycles. The van der Waals surface area contributed by atoms with Gasteiger partial charge in [0.05, 0.1) is 6.10 Å². The fourth-order valence-electron chi connectivity index (χ4n) is 1.61. The summed E-state index contributed by atoms with van der Waals surface area (Å²) in [6.45, 7) is 4.81. The Labute approximate surface area is 81.0 Å². The molecule has 0 spiro atoms. The van der Waals surface area contributed by atoms with E-state index in [1.807, 2.05) is 0 Å². The predicted octanol–water partition coefficient (Wildman–Crippen LogP) is 0.882. The summed E-state index contributed by atoms with van der Waals surface area (Å²) in [5, 5.41) is 3.37. The van der Waals surface area contributed by atoms with Gasteiger partial charge < -0.3 is 15.8 Å². The average molecular weight is 186 g/mol. The minimum absolute atomic E-state index is 0.434. The standard InChI is InChI=1S/C10H22N2O/c1-9(8-11)12-6-5-10-4-2-3-7-13-10/h9-10,12H,2-8,11H2,1H3/t9-,10?/m0/s1. The molecule has 1 heterocycles. The zero-order chi connectivity index (χ0) is 9.52. The van der Waals surface area contributed by atoms with Crippen molar-refractivity contribution >= 4 is 0 Å². The van der Waals surface area contributed by atoms with Crippen LogP contribution in [0.15, 0.2) is 0 Å². The molecular weight excluding hydrogens is 164 g/mol. The van der Waals surface area contributed by atoms with Gasteiger partial charge in [-0.1, -0.05) is 0 Å². The van der Waals surface area contributed by atoms with Crippen LogP contribution in [0.4, 0.5) is 0 Å². The summed E-state index contributed by atoms with van der Waals surface area (Å²) >= 11 is 0. The van der Waals surface area contributed by atoms with Gasteiger partial charge in [-0.15, -0.1) is 0 Å². The number of ether oxygens (including phenoxy) is 1. The summed E-state index contributed by atoms with van der Waals surface area (Å²) in [7, 11) is 0. The maximum Gasteiger partial charge on any atom is 0.0587 e. The van der Waals surface area contributed by atoms with Crippen LogP contribution in [0.1, 0.15) is 32.6 Å². The van der Waals surface area contributed by atoms with Crippen molar-refractivity contribution in [1.29, 1.82) is 0 Å². The third-order valence-corrected chi connectivity index (χ3v) is 2.59. The van der Waals surface area contributed by atoms with E-state index >= 15 is 0 Å². The van der Waals surface area contributed by atoms with E-state index in [0.29, 0.717) is 18.7 Å². The number of hydrogen-bond donors (Lipinski definition) is 2. The highest BCUT2D eigenvalue weighted by atomic mass is 16.5. The third-order valence-electron chi connectivity index (χ3n) is 2.59. The monoisotopic (exact) mass is 186 g/mol. The van der Waals surface area contributed by atoms with Crippen molar-refractivity contribution in [2.45, 2.75) is 44.8 Å². The molecule has 3 N–H and O–H groups in total. The molecule has 78 valence electrons. The first kappa shape index (κ1) is 11.0. The quantitative estimate of drug-likeness (QED) is 0.670. The molecule has 1 unspecified atom stereocenters. The van der Waals surface area contributed by atoms with Crippen molar-refractivity contribution in [3.63, 3.8) is 0 Å². The molecule has 0 aliphatic carbocycles. The smallest absolute Gasteiger partial charge is 0.0587 e. The second kappa shape index (κ2) is 6.35. The highest BCUT2D eigenvalue weighted by Crippen LogP contribution is 2.14. The maximum atomic E-state index is 5.62. The predicted molar refractivity (Wildman–Crippen MR) is 54.7 cm³/mol. The lowest BCUT2D eigenvalue weighted by molar-refractivity contribution is 0.0113. The third kappa shape index (κ3) is 4.60. The van der Waals surface area contributed by atoms with Crippen molar-refractivity contribution in [2.24, 2.45) is 5.73 Å². The molecule has 2 atom stereocenters. The molecule has 1 fully saturated rings. The molecule has 1 aliphatic rings. The molecule has 0 saturated carbocycles. The Hall–Kier alpha value is -0.120. The van der Waals surface area contributed by atoms with Crippen molar-refractivity contribution < 1.29 is 4.74 Å². The van der Waals surface area contributed by atoms with Gasteiger partial charge in [-0.05, 0) is 39.2 Å². The average Bonchev–Trinajstić information content (AvgIpc) is 2.19. The van der Waals surface area contributed by atoms with Crippen LogP contribution in [0.3, 0.4) is 0 Å². The molecule has 0 amide bonds. The number of nitrogens with two attached hydrogens (primary N) is 1. The highest BCUT2D eigenvalue weighted by Gasteiger charge is 2.13. The van der Waals surface area contributed by atoms with Crippen molar-refractivity contribution in [1.82, 2.24) is 5.32 Å². The summed E-state index contributed by atoms with van der Waals surface area (Å²) in [5.41, 5.74) is 5.50. The summed E-state index contributed by atoms with van der Waals surface area (Å²) < 4.78 is 5.62. The molecule has 1 rings (SSSR count). The van der Waals surface area contributed by atoms with Gasteiger partial charge in [0.25, 0.3) is 0 Å². The summed E-state index contributed by atoms with van der Waals surface area (Å²) in [6, 6.07) is 0.434. The first-order valence-electron chi connectivity index (χ1n) is 5.38. The Kier molecular flexibility index (Phi) is 5.35.